The van der Waals surface area contributed by atoms with Crippen LogP contribution in [0.15, 0.2) is 9.27 Å². The first-order valence-corrected chi connectivity index (χ1v) is 9.19. The number of halogens is 1. The van der Waals surface area contributed by atoms with E-state index in [-0.39, 0.29) is 11.6 Å². The van der Waals surface area contributed by atoms with E-state index in [9.17, 15) is 4.79 Å². The fourth-order valence-corrected chi connectivity index (χ4v) is 4.83. The Kier molecular flexibility index (Phi) is 4.52. The van der Waals surface area contributed by atoms with Gasteiger partial charge in [0, 0.05) is 24.0 Å². The van der Waals surface area contributed by atoms with Crippen LogP contribution < -0.4 is 5.56 Å². The lowest BCUT2D eigenvalue weighted by molar-refractivity contribution is 0.263. The van der Waals surface area contributed by atoms with Crippen molar-refractivity contribution >= 4 is 27.7 Å². The van der Waals surface area contributed by atoms with Crippen molar-refractivity contribution in [3.8, 4) is 0 Å². The number of thioether (sulfide) groups is 1. The third kappa shape index (κ3) is 2.83. The molecule has 1 saturated heterocycles. The van der Waals surface area contributed by atoms with Gasteiger partial charge in [0.15, 0.2) is 0 Å². The Morgan fingerprint density at radius 2 is 2.15 bits per heavy atom. The molecule has 0 bridgehead atoms. The molecular formula is C14H20BrN3OS. The standard InChI is InChI=1S/C14H20BrN3OS/c1-18-6-7-20-8-10(18)13-16-12(9-4-2-3-5-9)11(15)14(19)17-13/h9-10H,2-8H2,1H3,(H,16,17,19). The van der Waals surface area contributed by atoms with Crippen LogP contribution in [0.4, 0.5) is 0 Å². The van der Waals surface area contributed by atoms with Gasteiger partial charge in [-0.05, 0) is 35.8 Å². The molecule has 20 heavy (non-hydrogen) atoms. The summed E-state index contributed by atoms with van der Waals surface area (Å²) in [6.07, 6.45) is 4.81. The van der Waals surface area contributed by atoms with Crippen LogP contribution in [0.5, 0.6) is 0 Å². The summed E-state index contributed by atoms with van der Waals surface area (Å²) in [5, 5.41) is 0. The fourth-order valence-electron chi connectivity index (χ4n) is 3.10. The third-order valence-electron chi connectivity index (χ3n) is 4.36. The smallest absolute Gasteiger partial charge is 0.265 e. The molecule has 0 radical (unpaired) electrons. The van der Waals surface area contributed by atoms with Gasteiger partial charge in [-0.2, -0.15) is 11.8 Å². The number of rotatable bonds is 2. The first kappa shape index (κ1) is 14.6. The predicted octanol–water partition coefficient (Wildman–Crippen LogP) is 2.91. The fraction of sp³-hybridized carbons (Fsp3) is 0.714. The predicted molar refractivity (Wildman–Crippen MR) is 86.5 cm³/mol. The van der Waals surface area contributed by atoms with Crippen molar-refractivity contribution in [3.63, 3.8) is 0 Å². The molecule has 6 heteroatoms. The maximum absolute atomic E-state index is 12.2. The molecule has 1 atom stereocenters. The Balaban J connectivity index is 1.97. The van der Waals surface area contributed by atoms with E-state index in [0.717, 1.165) is 42.4 Å². The van der Waals surface area contributed by atoms with Gasteiger partial charge in [-0.1, -0.05) is 12.8 Å². The molecule has 1 aliphatic carbocycles. The summed E-state index contributed by atoms with van der Waals surface area (Å²) in [7, 11) is 2.11. The van der Waals surface area contributed by atoms with Crippen molar-refractivity contribution in [1.29, 1.82) is 0 Å². The summed E-state index contributed by atoms with van der Waals surface area (Å²) in [6, 6.07) is 0.231. The maximum Gasteiger partial charge on any atom is 0.265 e. The lowest BCUT2D eigenvalue weighted by Crippen LogP contribution is -2.35. The highest BCUT2D eigenvalue weighted by Crippen LogP contribution is 2.36. The van der Waals surface area contributed by atoms with E-state index in [0.29, 0.717) is 10.4 Å². The van der Waals surface area contributed by atoms with Gasteiger partial charge in [0.1, 0.15) is 10.3 Å². The number of hydrogen-bond donors (Lipinski definition) is 1. The highest BCUT2D eigenvalue weighted by molar-refractivity contribution is 9.10. The molecule has 1 aliphatic heterocycles. The topological polar surface area (TPSA) is 49.0 Å². The molecule has 2 fully saturated rings. The first-order valence-electron chi connectivity index (χ1n) is 7.24. The Bertz CT molecular complexity index is 542. The molecule has 1 N–H and O–H groups in total. The second-order valence-corrected chi connectivity index (χ2v) is 7.65. The normalized spacial score (nSPS) is 25.2. The number of hydrogen-bond acceptors (Lipinski definition) is 4. The summed E-state index contributed by atoms with van der Waals surface area (Å²) >= 11 is 5.37. The average Bonchev–Trinajstić information content (AvgIpc) is 2.96. The van der Waals surface area contributed by atoms with E-state index in [4.69, 9.17) is 4.98 Å². The van der Waals surface area contributed by atoms with Gasteiger partial charge in [-0.25, -0.2) is 4.98 Å². The molecule has 0 amide bonds. The molecule has 2 heterocycles. The van der Waals surface area contributed by atoms with E-state index in [2.05, 4.69) is 32.9 Å². The van der Waals surface area contributed by atoms with E-state index < -0.39 is 0 Å². The zero-order valence-electron chi connectivity index (χ0n) is 11.7. The number of aromatic amines is 1. The van der Waals surface area contributed by atoms with Gasteiger partial charge in [0.25, 0.3) is 5.56 Å². The summed E-state index contributed by atoms with van der Waals surface area (Å²) in [5.74, 6) is 3.45. The van der Waals surface area contributed by atoms with E-state index in [1.807, 2.05) is 11.8 Å². The molecule has 2 aliphatic rings. The first-order chi connectivity index (χ1) is 9.66. The summed E-state index contributed by atoms with van der Waals surface area (Å²) in [6.45, 7) is 1.05. The SMILES string of the molecule is CN1CCSCC1c1nc(C2CCCC2)c(Br)c(=O)[nH]1. The van der Waals surface area contributed by atoms with Gasteiger partial charge in [-0.15, -0.1) is 0 Å². The number of nitrogens with one attached hydrogen (secondary N) is 1. The van der Waals surface area contributed by atoms with E-state index in [1.54, 1.807) is 0 Å². The molecule has 0 aromatic carbocycles. The average molecular weight is 358 g/mol. The molecule has 4 nitrogen and oxygen atoms in total. The second-order valence-electron chi connectivity index (χ2n) is 5.70. The number of nitrogens with zero attached hydrogens (tertiary/aromatic N) is 2. The minimum Gasteiger partial charge on any atom is -0.308 e. The Hall–Kier alpha value is -0.330. The minimum absolute atomic E-state index is 0.0270. The van der Waals surface area contributed by atoms with Crippen LogP contribution in [0.1, 0.15) is 49.2 Å². The minimum atomic E-state index is -0.0270. The Morgan fingerprint density at radius 3 is 2.85 bits per heavy atom. The van der Waals surface area contributed by atoms with Crippen LogP contribution in [0.3, 0.4) is 0 Å². The zero-order chi connectivity index (χ0) is 14.1. The van der Waals surface area contributed by atoms with Gasteiger partial charge in [0.2, 0.25) is 0 Å². The molecular weight excluding hydrogens is 338 g/mol. The lowest BCUT2D eigenvalue weighted by atomic mass is 10.0. The van der Waals surface area contributed by atoms with Crippen LogP contribution in [0.25, 0.3) is 0 Å². The van der Waals surface area contributed by atoms with Crippen LogP contribution in [-0.2, 0) is 0 Å². The second kappa shape index (κ2) is 6.20. The number of H-pyrrole nitrogens is 1. The van der Waals surface area contributed by atoms with Gasteiger partial charge < -0.3 is 4.98 Å². The van der Waals surface area contributed by atoms with Crippen molar-refractivity contribution in [3.05, 3.63) is 26.3 Å². The molecule has 1 saturated carbocycles. The highest BCUT2D eigenvalue weighted by Gasteiger charge is 2.27. The van der Waals surface area contributed by atoms with Crippen LogP contribution in [0, 0.1) is 0 Å². The molecule has 1 aromatic rings. The zero-order valence-corrected chi connectivity index (χ0v) is 14.1. The monoisotopic (exact) mass is 357 g/mol. The molecule has 3 rings (SSSR count). The van der Waals surface area contributed by atoms with Gasteiger partial charge in [-0.3, -0.25) is 9.69 Å². The Labute approximate surface area is 131 Å². The van der Waals surface area contributed by atoms with Crippen molar-refractivity contribution in [2.75, 3.05) is 25.1 Å². The van der Waals surface area contributed by atoms with Gasteiger partial charge in [0.05, 0.1) is 11.7 Å². The maximum atomic E-state index is 12.2. The molecule has 0 spiro atoms. The third-order valence-corrected chi connectivity index (χ3v) is 6.15. The van der Waals surface area contributed by atoms with Crippen molar-refractivity contribution in [1.82, 2.24) is 14.9 Å². The molecule has 1 aromatic heterocycles. The van der Waals surface area contributed by atoms with E-state index in [1.165, 1.54) is 12.8 Å². The van der Waals surface area contributed by atoms with Crippen LogP contribution in [0.2, 0.25) is 0 Å². The van der Waals surface area contributed by atoms with Crippen molar-refractivity contribution in [2.45, 2.75) is 37.6 Å². The molecule has 110 valence electrons. The van der Waals surface area contributed by atoms with Crippen molar-refractivity contribution < 1.29 is 0 Å². The van der Waals surface area contributed by atoms with Gasteiger partial charge >= 0.3 is 0 Å². The lowest BCUT2D eigenvalue weighted by Gasteiger charge is -2.31. The van der Waals surface area contributed by atoms with E-state index >= 15 is 0 Å². The summed E-state index contributed by atoms with van der Waals surface area (Å²) in [5.41, 5.74) is 0.950. The largest absolute Gasteiger partial charge is 0.308 e. The summed E-state index contributed by atoms with van der Waals surface area (Å²) in [4.78, 5) is 22.3. The molecule has 1 unspecified atom stereocenters. The van der Waals surface area contributed by atoms with Crippen molar-refractivity contribution in [2.24, 2.45) is 0 Å². The highest BCUT2D eigenvalue weighted by atomic mass is 79.9. The van der Waals surface area contributed by atoms with Crippen LogP contribution >= 0.6 is 27.7 Å². The Morgan fingerprint density at radius 1 is 1.40 bits per heavy atom. The number of aromatic nitrogens is 2. The quantitative estimate of drug-likeness (QED) is 0.883. The van der Waals surface area contributed by atoms with Crippen LogP contribution in [-0.4, -0.2) is 40.0 Å². The summed E-state index contributed by atoms with van der Waals surface area (Å²) < 4.78 is 0.638.